The number of aromatic nitrogens is 4. The molecule has 24 heavy (non-hydrogen) atoms. The van der Waals surface area contributed by atoms with Crippen LogP contribution in [-0.2, 0) is 7.05 Å². The molecule has 0 aliphatic rings. The molecule has 2 heterocycles. The fourth-order valence-electron chi connectivity index (χ4n) is 2.72. The number of hydrogen-bond acceptors (Lipinski definition) is 3. The Morgan fingerprint density at radius 3 is 2.88 bits per heavy atom. The monoisotopic (exact) mass is 343 g/mol. The van der Waals surface area contributed by atoms with Crippen LogP contribution >= 0.6 is 11.6 Å². The van der Waals surface area contributed by atoms with Crippen LogP contribution in [0.5, 0.6) is 0 Å². The molecule has 0 fully saturated rings. The Balaban J connectivity index is 1.84. The second-order valence-corrected chi connectivity index (χ2v) is 6.14. The molecule has 2 aromatic heterocycles. The van der Waals surface area contributed by atoms with Gasteiger partial charge in [-0.1, -0.05) is 23.7 Å². The quantitative estimate of drug-likeness (QED) is 0.763. The molecule has 0 aliphatic heterocycles. The fourth-order valence-corrected chi connectivity index (χ4v) is 2.91. The summed E-state index contributed by atoms with van der Waals surface area (Å²) in [5.74, 6) is -0.200. The minimum atomic E-state index is -0.200. The molecule has 7 heteroatoms. The van der Waals surface area contributed by atoms with Crippen LogP contribution in [0.15, 0.2) is 36.7 Å². The number of nitrogens with one attached hydrogen (secondary N) is 2. The Bertz CT molecular complexity index is 883. The van der Waals surface area contributed by atoms with Crippen LogP contribution in [0.25, 0.3) is 11.3 Å². The SMILES string of the molecule is Cc1nn(C)cc1[C@@H](C)NC(=O)c1cn[nH]c1-c1cccc(Cl)c1. The summed E-state index contributed by atoms with van der Waals surface area (Å²) in [6.07, 6.45) is 3.43. The van der Waals surface area contributed by atoms with E-state index in [2.05, 4.69) is 20.6 Å². The minimum absolute atomic E-state index is 0.159. The summed E-state index contributed by atoms with van der Waals surface area (Å²) in [5.41, 5.74) is 3.82. The highest BCUT2D eigenvalue weighted by Crippen LogP contribution is 2.25. The molecule has 0 spiro atoms. The number of nitrogens with zero attached hydrogens (tertiary/aromatic N) is 3. The van der Waals surface area contributed by atoms with Gasteiger partial charge < -0.3 is 5.32 Å². The summed E-state index contributed by atoms with van der Waals surface area (Å²) in [7, 11) is 1.86. The van der Waals surface area contributed by atoms with Crippen molar-refractivity contribution in [1.82, 2.24) is 25.3 Å². The van der Waals surface area contributed by atoms with Crippen LogP contribution in [0.2, 0.25) is 5.02 Å². The molecule has 3 aromatic rings. The van der Waals surface area contributed by atoms with Crippen molar-refractivity contribution in [3.8, 4) is 11.3 Å². The summed E-state index contributed by atoms with van der Waals surface area (Å²) in [5, 5.41) is 14.8. The molecule has 0 aliphatic carbocycles. The third-order valence-electron chi connectivity index (χ3n) is 3.86. The number of aryl methyl sites for hydroxylation is 2. The van der Waals surface area contributed by atoms with E-state index in [1.54, 1.807) is 16.8 Å². The molecule has 0 saturated carbocycles. The number of hydrogen-bond donors (Lipinski definition) is 2. The number of carbonyl (C=O) groups excluding carboxylic acids is 1. The van der Waals surface area contributed by atoms with E-state index in [0.29, 0.717) is 16.3 Å². The molecule has 3 rings (SSSR count). The van der Waals surface area contributed by atoms with Crippen molar-refractivity contribution < 1.29 is 4.79 Å². The molecule has 0 bridgehead atoms. The van der Waals surface area contributed by atoms with E-state index in [1.807, 2.05) is 39.2 Å². The molecule has 1 aromatic carbocycles. The predicted octanol–water partition coefficient (Wildman–Crippen LogP) is 3.26. The van der Waals surface area contributed by atoms with Gasteiger partial charge in [0.2, 0.25) is 0 Å². The van der Waals surface area contributed by atoms with Gasteiger partial charge >= 0.3 is 0 Å². The maximum Gasteiger partial charge on any atom is 0.255 e. The number of aromatic amines is 1. The zero-order chi connectivity index (χ0) is 17.3. The Morgan fingerprint density at radius 1 is 1.42 bits per heavy atom. The number of rotatable bonds is 4. The number of benzene rings is 1. The maximum atomic E-state index is 12.7. The average molecular weight is 344 g/mol. The predicted molar refractivity (Wildman–Crippen MR) is 92.9 cm³/mol. The smallest absolute Gasteiger partial charge is 0.255 e. The van der Waals surface area contributed by atoms with Gasteiger partial charge in [0, 0.05) is 29.4 Å². The van der Waals surface area contributed by atoms with Crippen molar-refractivity contribution in [2.24, 2.45) is 7.05 Å². The van der Waals surface area contributed by atoms with Gasteiger partial charge in [0.25, 0.3) is 5.91 Å². The van der Waals surface area contributed by atoms with Gasteiger partial charge in [-0.15, -0.1) is 0 Å². The summed E-state index contributed by atoms with van der Waals surface area (Å²) in [4.78, 5) is 12.7. The molecular weight excluding hydrogens is 326 g/mol. The van der Waals surface area contributed by atoms with Gasteiger partial charge in [-0.3, -0.25) is 14.6 Å². The number of carbonyl (C=O) groups is 1. The first-order valence-electron chi connectivity index (χ1n) is 7.56. The van der Waals surface area contributed by atoms with E-state index in [-0.39, 0.29) is 11.9 Å². The van der Waals surface area contributed by atoms with Crippen LogP contribution < -0.4 is 5.32 Å². The fraction of sp³-hybridized carbons (Fsp3) is 0.235. The summed E-state index contributed by atoms with van der Waals surface area (Å²) >= 11 is 6.03. The molecule has 0 unspecified atom stereocenters. The Labute approximate surface area is 144 Å². The zero-order valence-corrected chi connectivity index (χ0v) is 14.4. The highest BCUT2D eigenvalue weighted by Gasteiger charge is 2.19. The van der Waals surface area contributed by atoms with Crippen LogP contribution in [0.3, 0.4) is 0 Å². The van der Waals surface area contributed by atoms with Crippen molar-refractivity contribution >= 4 is 17.5 Å². The molecule has 0 saturated heterocycles. The van der Waals surface area contributed by atoms with Gasteiger partial charge in [-0.05, 0) is 26.0 Å². The van der Waals surface area contributed by atoms with Crippen molar-refractivity contribution in [3.05, 3.63) is 58.5 Å². The molecule has 0 radical (unpaired) electrons. The van der Waals surface area contributed by atoms with Crippen LogP contribution in [0.4, 0.5) is 0 Å². The van der Waals surface area contributed by atoms with Crippen molar-refractivity contribution in [2.75, 3.05) is 0 Å². The third kappa shape index (κ3) is 3.19. The lowest BCUT2D eigenvalue weighted by molar-refractivity contribution is 0.0940. The Kier molecular flexibility index (Phi) is 4.40. The Morgan fingerprint density at radius 2 is 2.21 bits per heavy atom. The first-order chi connectivity index (χ1) is 11.5. The van der Waals surface area contributed by atoms with E-state index < -0.39 is 0 Å². The highest BCUT2D eigenvalue weighted by atomic mass is 35.5. The maximum absolute atomic E-state index is 12.7. The number of H-pyrrole nitrogens is 1. The van der Waals surface area contributed by atoms with E-state index in [1.165, 1.54) is 6.20 Å². The van der Waals surface area contributed by atoms with Gasteiger partial charge in [0.1, 0.15) is 0 Å². The molecule has 6 nitrogen and oxygen atoms in total. The molecule has 124 valence electrons. The normalized spacial score (nSPS) is 12.2. The minimum Gasteiger partial charge on any atom is -0.345 e. The summed E-state index contributed by atoms with van der Waals surface area (Å²) < 4.78 is 1.74. The van der Waals surface area contributed by atoms with Crippen molar-refractivity contribution in [2.45, 2.75) is 19.9 Å². The van der Waals surface area contributed by atoms with E-state index >= 15 is 0 Å². The van der Waals surface area contributed by atoms with Gasteiger partial charge in [0.15, 0.2) is 0 Å². The first kappa shape index (κ1) is 16.3. The lowest BCUT2D eigenvalue weighted by Gasteiger charge is -2.13. The van der Waals surface area contributed by atoms with Gasteiger partial charge in [0.05, 0.1) is 29.2 Å². The second-order valence-electron chi connectivity index (χ2n) is 5.71. The van der Waals surface area contributed by atoms with Crippen molar-refractivity contribution in [1.29, 1.82) is 0 Å². The molecule has 1 atom stereocenters. The molecule has 1 amide bonds. The van der Waals surface area contributed by atoms with Gasteiger partial charge in [-0.2, -0.15) is 10.2 Å². The lowest BCUT2D eigenvalue weighted by Crippen LogP contribution is -2.27. The summed E-state index contributed by atoms with van der Waals surface area (Å²) in [6, 6.07) is 7.13. The van der Waals surface area contributed by atoms with E-state index in [9.17, 15) is 4.79 Å². The van der Waals surface area contributed by atoms with Crippen LogP contribution in [-0.4, -0.2) is 25.9 Å². The van der Waals surface area contributed by atoms with Crippen LogP contribution in [0.1, 0.15) is 34.6 Å². The lowest BCUT2D eigenvalue weighted by atomic mass is 10.1. The molecule has 2 N–H and O–H groups in total. The Hall–Kier alpha value is -2.60. The van der Waals surface area contributed by atoms with Crippen molar-refractivity contribution in [3.63, 3.8) is 0 Å². The van der Waals surface area contributed by atoms with Crippen LogP contribution in [0, 0.1) is 6.92 Å². The largest absolute Gasteiger partial charge is 0.345 e. The van der Waals surface area contributed by atoms with Gasteiger partial charge in [-0.25, -0.2) is 0 Å². The highest BCUT2D eigenvalue weighted by molar-refractivity contribution is 6.30. The molecular formula is C17H18ClN5O. The first-order valence-corrected chi connectivity index (χ1v) is 7.94. The third-order valence-corrected chi connectivity index (χ3v) is 4.10. The van der Waals surface area contributed by atoms with E-state index in [4.69, 9.17) is 11.6 Å². The standard InChI is InChI=1S/C17H18ClN5O/c1-10(15-9-23(3)22-11(15)2)20-17(24)14-8-19-21-16(14)12-5-4-6-13(18)7-12/h4-10H,1-3H3,(H,19,21)(H,20,24)/t10-/m1/s1. The average Bonchev–Trinajstić information content (AvgIpc) is 3.13. The number of halogens is 1. The second kappa shape index (κ2) is 6.49. The van der Waals surface area contributed by atoms with E-state index in [0.717, 1.165) is 16.8 Å². The summed E-state index contributed by atoms with van der Waals surface area (Å²) in [6.45, 7) is 3.86. The zero-order valence-electron chi connectivity index (χ0n) is 13.7. The topological polar surface area (TPSA) is 75.6 Å². The number of amides is 1.